The molecule has 4 heteroatoms. The van der Waals surface area contributed by atoms with Crippen LogP contribution in [0.4, 0.5) is 5.69 Å². The summed E-state index contributed by atoms with van der Waals surface area (Å²) in [6.45, 7) is 1.31. The topological polar surface area (TPSA) is 38.3 Å². The van der Waals surface area contributed by atoms with E-state index in [0.717, 1.165) is 30.7 Å². The van der Waals surface area contributed by atoms with Crippen LogP contribution < -0.4 is 5.32 Å². The summed E-state index contributed by atoms with van der Waals surface area (Å²) in [7, 11) is 0. The second-order valence-corrected chi connectivity index (χ2v) is 4.50. The Kier molecular flexibility index (Phi) is 4.40. The number of ether oxygens (including phenoxy) is 1. The Labute approximate surface area is 106 Å². The quantitative estimate of drug-likeness (QED) is 0.842. The number of hydrogen-bond donors (Lipinski definition) is 1. The summed E-state index contributed by atoms with van der Waals surface area (Å²) >= 11 is 5.70. The first-order chi connectivity index (χ1) is 8.29. The van der Waals surface area contributed by atoms with Crippen molar-refractivity contribution in [2.45, 2.75) is 18.7 Å². The lowest BCUT2D eigenvalue weighted by atomic mass is 10.0. The average Bonchev–Trinajstić information content (AvgIpc) is 2.40. The van der Waals surface area contributed by atoms with E-state index in [-0.39, 0.29) is 11.8 Å². The van der Waals surface area contributed by atoms with Crippen LogP contribution in [0.2, 0.25) is 0 Å². The zero-order chi connectivity index (χ0) is 12.1. The van der Waals surface area contributed by atoms with Gasteiger partial charge in [-0.3, -0.25) is 4.79 Å². The lowest BCUT2D eigenvalue weighted by Crippen LogP contribution is -2.30. The molecule has 1 N–H and O–H groups in total. The highest BCUT2D eigenvalue weighted by atomic mass is 35.5. The fourth-order valence-corrected chi connectivity index (χ4v) is 2.05. The standard InChI is InChI=1S/C13H16ClNO2/c14-8-10-3-5-12(6-4-10)15-13(16)11-2-1-7-17-9-11/h3-6,11H,1-2,7-9H2,(H,15,16). The van der Waals surface area contributed by atoms with Crippen LogP contribution in [0.5, 0.6) is 0 Å². The summed E-state index contributed by atoms with van der Waals surface area (Å²) in [5.74, 6) is 0.518. The number of carbonyl (C=O) groups is 1. The molecule has 1 aliphatic rings. The first-order valence-corrected chi connectivity index (χ1v) is 6.36. The Balaban J connectivity index is 1.92. The van der Waals surface area contributed by atoms with Gasteiger partial charge < -0.3 is 10.1 Å². The monoisotopic (exact) mass is 253 g/mol. The number of benzene rings is 1. The minimum atomic E-state index is -0.0172. The van der Waals surface area contributed by atoms with Gasteiger partial charge in [0.05, 0.1) is 12.5 Å². The minimum Gasteiger partial charge on any atom is -0.381 e. The van der Waals surface area contributed by atoms with Crippen molar-refractivity contribution in [3.63, 3.8) is 0 Å². The number of halogens is 1. The smallest absolute Gasteiger partial charge is 0.229 e. The SMILES string of the molecule is O=C(Nc1ccc(CCl)cc1)C1CCCOC1. The molecule has 0 spiro atoms. The molecule has 0 aliphatic carbocycles. The first-order valence-electron chi connectivity index (χ1n) is 5.83. The molecule has 2 rings (SSSR count). The van der Waals surface area contributed by atoms with E-state index in [1.165, 1.54) is 0 Å². The van der Waals surface area contributed by atoms with Gasteiger partial charge in [-0.2, -0.15) is 0 Å². The highest BCUT2D eigenvalue weighted by Gasteiger charge is 2.21. The molecule has 0 radical (unpaired) electrons. The molecule has 1 unspecified atom stereocenters. The minimum absolute atomic E-state index is 0.0172. The van der Waals surface area contributed by atoms with Crippen LogP contribution in [0.1, 0.15) is 18.4 Å². The zero-order valence-corrected chi connectivity index (χ0v) is 10.4. The molecule has 92 valence electrons. The van der Waals surface area contributed by atoms with Crippen LogP contribution in [-0.2, 0) is 15.4 Å². The van der Waals surface area contributed by atoms with Gasteiger partial charge in [-0.15, -0.1) is 11.6 Å². The van der Waals surface area contributed by atoms with E-state index in [4.69, 9.17) is 16.3 Å². The molecule has 1 aromatic rings. The second kappa shape index (κ2) is 6.03. The number of amides is 1. The Morgan fingerprint density at radius 3 is 2.76 bits per heavy atom. The largest absolute Gasteiger partial charge is 0.381 e. The molecule has 0 bridgehead atoms. The van der Waals surface area contributed by atoms with E-state index in [9.17, 15) is 4.79 Å². The highest BCUT2D eigenvalue weighted by molar-refractivity contribution is 6.17. The van der Waals surface area contributed by atoms with E-state index in [1.54, 1.807) is 0 Å². The molecule has 0 saturated carbocycles. The Morgan fingerprint density at radius 1 is 1.41 bits per heavy atom. The molecule has 1 heterocycles. The van der Waals surface area contributed by atoms with Crippen LogP contribution in [0, 0.1) is 5.92 Å². The molecule has 1 fully saturated rings. The third-order valence-electron chi connectivity index (χ3n) is 2.91. The van der Waals surface area contributed by atoms with Crippen molar-refractivity contribution >= 4 is 23.2 Å². The van der Waals surface area contributed by atoms with Gasteiger partial charge in [0.25, 0.3) is 0 Å². The Morgan fingerprint density at radius 2 is 2.18 bits per heavy atom. The predicted molar refractivity (Wildman–Crippen MR) is 68.2 cm³/mol. The van der Waals surface area contributed by atoms with Gasteiger partial charge in [-0.25, -0.2) is 0 Å². The van der Waals surface area contributed by atoms with Crippen LogP contribution in [0.3, 0.4) is 0 Å². The maximum Gasteiger partial charge on any atom is 0.229 e. The van der Waals surface area contributed by atoms with Crippen molar-refractivity contribution in [1.82, 2.24) is 0 Å². The number of nitrogens with one attached hydrogen (secondary N) is 1. The van der Waals surface area contributed by atoms with Gasteiger partial charge in [0.2, 0.25) is 5.91 Å². The number of anilines is 1. The molecule has 1 aromatic carbocycles. The number of hydrogen-bond acceptors (Lipinski definition) is 2. The van der Waals surface area contributed by atoms with Gasteiger partial charge in [0.15, 0.2) is 0 Å². The maximum absolute atomic E-state index is 11.9. The molecular formula is C13H16ClNO2. The summed E-state index contributed by atoms with van der Waals surface area (Å²) in [5, 5.41) is 2.90. The first kappa shape index (κ1) is 12.4. The van der Waals surface area contributed by atoms with Gasteiger partial charge in [-0.1, -0.05) is 12.1 Å². The second-order valence-electron chi connectivity index (χ2n) is 4.23. The summed E-state index contributed by atoms with van der Waals surface area (Å²) in [6.07, 6.45) is 1.87. The summed E-state index contributed by atoms with van der Waals surface area (Å²) in [4.78, 5) is 11.9. The number of rotatable bonds is 3. The third-order valence-corrected chi connectivity index (χ3v) is 3.22. The summed E-state index contributed by atoms with van der Waals surface area (Å²) in [5.41, 5.74) is 1.86. The Bertz CT molecular complexity index is 372. The molecule has 1 amide bonds. The van der Waals surface area contributed by atoms with Crippen molar-refractivity contribution in [2.75, 3.05) is 18.5 Å². The lowest BCUT2D eigenvalue weighted by Gasteiger charge is -2.21. The summed E-state index contributed by atoms with van der Waals surface area (Å²) in [6, 6.07) is 7.58. The van der Waals surface area contributed by atoms with Gasteiger partial charge in [0.1, 0.15) is 0 Å². The van der Waals surface area contributed by atoms with Gasteiger partial charge >= 0.3 is 0 Å². The fourth-order valence-electron chi connectivity index (χ4n) is 1.87. The van der Waals surface area contributed by atoms with Crippen LogP contribution in [0.25, 0.3) is 0 Å². The van der Waals surface area contributed by atoms with Crippen molar-refractivity contribution in [3.05, 3.63) is 29.8 Å². The van der Waals surface area contributed by atoms with Crippen LogP contribution in [-0.4, -0.2) is 19.1 Å². The lowest BCUT2D eigenvalue weighted by molar-refractivity contribution is -0.123. The number of carbonyl (C=O) groups excluding carboxylic acids is 1. The summed E-state index contributed by atoms with van der Waals surface area (Å²) < 4.78 is 5.30. The van der Waals surface area contributed by atoms with E-state index < -0.39 is 0 Å². The van der Waals surface area contributed by atoms with E-state index >= 15 is 0 Å². The molecule has 1 saturated heterocycles. The average molecular weight is 254 g/mol. The predicted octanol–water partition coefficient (Wildman–Crippen LogP) is 2.79. The molecule has 1 aliphatic heterocycles. The molecule has 1 atom stereocenters. The van der Waals surface area contributed by atoms with E-state index in [0.29, 0.717) is 12.5 Å². The normalized spacial score (nSPS) is 19.9. The molecule has 17 heavy (non-hydrogen) atoms. The van der Waals surface area contributed by atoms with Crippen molar-refractivity contribution in [2.24, 2.45) is 5.92 Å². The van der Waals surface area contributed by atoms with Crippen molar-refractivity contribution < 1.29 is 9.53 Å². The molecular weight excluding hydrogens is 238 g/mol. The van der Waals surface area contributed by atoms with Gasteiger partial charge in [0, 0.05) is 18.2 Å². The highest BCUT2D eigenvalue weighted by Crippen LogP contribution is 2.17. The molecule has 3 nitrogen and oxygen atoms in total. The van der Waals surface area contributed by atoms with Crippen molar-refractivity contribution in [1.29, 1.82) is 0 Å². The molecule has 0 aromatic heterocycles. The maximum atomic E-state index is 11.9. The van der Waals surface area contributed by atoms with Crippen LogP contribution >= 0.6 is 11.6 Å². The fraction of sp³-hybridized carbons (Fsp3) is 0.462. The van der Waals surface area contributed by atoms with E-state index in [1.807, 2.05) is 24.3 Å². The Hall–Kier alpha value is -1.06. The van der Waals surface area contributed by atoms with Crippen molar-refractivity contribution in [3.8, 4) is 0 Å². The van der Waals surface area contributed by atoms with E-state index in [2.05, 4.69) is 5.32 Å². The zero-order valence-electron chi connectivity index (χ0n) is 9.62. The van der Waals surface area contributed by atoms with Gasteiger partial charge in [-0.05, 0) is 30.5 Å². The number of alkyl halides is 1. The van der Waals surface area contributed by atoms with Crippen LogP contribution in [0.15, 0.2) is 24.3 Å². The third kappa shape index (κ3) is 3.45.